The quantitative estimate of drug-likeness (QED) is 0.656. The van der Waals surface area contributed by atoms with Gasteiger partial charge in [-0.25, -0.2) is 8.42 Å². The molecule has 6 nitrogen and oxygen atoms in total. The summed E-state index contributed by atoms with van der Waals surface area (Å²) in [6, 6.07) is 9.41. The van der Waals surface area contributed by atoms with E-state index in [1.807, 2.05) is 6.92 Å². The van der Waals surface area contributed by atoms with Crippen molar-refractivity contribution >= 4 is 44.8 Å². The first-order valence-corrected chi connectivity index (χ1v) is 10.9. The molecule has 0 aliphatic heterocycles. The fraction of sp³-hybridized carbons (Fsp3) is 0.316. The summed E-state index contributed by atoms with van der Waals surface area (Å²) in [6.07, 6.45) is 0. The second kappa shape index (κ2) is 9.60. The first kappa shape index (κ1) is 22.5. The number of nitrogens with one attached hydrogen (secondary N) is 1. The maximum Gasteiger partial charge on any atom is 0.262 e. The molecule has 28 heavy (non-hydrogen) atoms. The van der Waals surface area contributed by atoms with Crippen LogP contribution in [0.15, 0.2) is 41.3 Å². The Hall–Kier alpha value is -1.80. The number of carbonyl (C=O) groups excluding carboxylic acids is 1. The van der Waals surface area contributed by atoms with Crippen LogP contribution in [0.2, 0.25) is 10.0 Å². The normalized spacial score (nSPS) is 11.5. The highest BCUT2D eigenvalue weighted by atomic mass is 35.5. The summed E-state index contributed by atoms with van der Waals surface area (Å²) >= 11 is 12.0. The van der Waals surface area contributed by atoms with E-state index in [0.29, 0.717) is 23.8 Å². The van der Waals surface area contributed by atoms with Gasteiger partial charge in [0.2, 0.25) is 10.0 Å². The number of aryl methyl sites for hydroxylation is 1. The van der Waals surface area contributed by atoms with Crippen LogP contribution < -0.4 is 10.1 Å². The Kier molecular flexibility index (Phi) is 7.71. The van der Waals surface area contributed by atoms with Crippen molar-refractivity contribution in [3.05, 3.63) is 52.0 Å². The van der Waals surface area contributed by atoms with E-state index in [2.05, 4.69) is 5.32 Å². The van der Waals surface area contributed by atoms with E-state index < -0.39 is 15.9 Å². The SMILES string of the molecule is CCN(CC)S(=O)(=O)c1cc(Cl)ccc1OCC(=O)Nc1ccc(C)c(Cl)c1. The summed E-state index contributed by atoms with van der Waals surface area (Å²) < 4.78 is 32.5. The van der Waals surface area contributed by atoms with Gasteiger partial charge in [-0.3, -0.25) is 4.79 Å². The number of halogens is 2. The van der Waals surface area contributed by atoms with Crippen molar-refractivity contribution in [2.45, 2.75) is 25.7 Å². The molecule has 152 valence electrons. The Labute approximate surface area is 175 Å². The van der Waals surface area contributed by atoms with Crippen LogP contribution in [0.1, 0.15) is 19.4 Å². The fourth-order valence-corrected chi connectivity index (χ4v) is 4.55. The first-order chi connectivity index (χ1) is 13.2. The molecule has 0 radical (unpaired) electrons. The number of carbonyl (C=O) groups is 1. The van der Waals surface area contributed by atoms with Gasteiger partial charge in [0.25, 0.3) is 5.91 Å². The summed E-state index contributed by atoms with van der Waals surface area (Å²) in [5.74, 6) is -0.380. The summed E-state index contributed by atoms with van der Waals surface area (Å²) in [7, 11) is -3.80. The van der Waals surface area contributed by atoms with Crippen LogP contribution in [0, 0.1) is 6.92 Å². The highest BCUT2D eigenvalue weighted by Crippen LogP contribution is 2.30. The number of anilines is 1. The molecule has 0 heterocycles. The number of ether oxygens (including phenoxy) is 1. The van der Waals surface area contributed by atoms with Crippen LogP contribution in [0.3, 0.4) is 0 Å². The van der Waals surface area contributed by atoms with Gasteiger partial charge in [-0.15, -0.1) is 0 Å². The molecule has 0 saturated carbocycles. The van der Waals surface area contributed by atoms with Gasteiger partial charge >= 0.3 is 0 Å². The number of hydrogen-bond acceptors (Lipinski definition) is 4. The molecule has 2 rings (SSSR count). The van der Waals surface area contributed by atoms with Gasteiger partial charge in [0.1, 0.15) is 10.6 Å². The standard InChI is InChI=1S/C19H22Cl2N2O4S/c1-4-23(5-2)28(25,26)18-10-14(20)7-9-17(18)27-12-19(24)22-15-8-6-13(3)16(21)11-15/h6-11H,4-5,12H2,1-3H3,(H,22,24). The van der Waals surface area contributed by atoms with Gasteiger partial charge in [-0.2, -0.15) is 4.31 Å². The van der Waals surface area contributed by atoms with Gasteiger partial charge < -0.3 is 10.1 Å². The highest BCUT2D eigenvalue weighted by molar-refractivity contribution is 7.89. The largest absolute Gasteiger partial charge is 0.482 e. The third-order valence-electron chi connectivity index (χ3n) is 4.04. The Bertz CT molecular complexity index is 960. The molecule has 0 aliphatic rings. The van der Waals surface area contributed by atoms with E-state index in [1.165, 1.54) is 22.5 Å². The number of benzene rings is 2. The van der Waals surface area contributed by atoms with Crippen molar-refractivity contribution in [3.8, 4) is 5.75 Å². The zero-order chi connectivity index (χ0) is 20.9. The predicted octanol–water partition coefficient (Wildman–Crippen LogP) is 4.35. The average Bonchev–Trinajstić information content (AvgIpc) is 2.64. The van der Waals surface area contributed by atoms with Crippen LogP contribution in [0.25, 0.3) is 0 Å². The maximum atomic E-state index is 12.8. The minimum absolute atomic E-state index is 0.0633. The van der Waals surface area contributed by atoms with Crippen molar-refractivity contribution in [3.63, 3.8) is 0 Å². The second-order valence-electron chi connectivity index (χ2n) is 5.98. The zero-order valence-electron chi connectivity index (χ0n) is 15.8. The van der Waals surface area contributed by atoms with Crippen molar-refractivity contribution in [1.82, 2.24) is 4.31 Å². The van der Waals surface area contributed by atoms with Crippen molar-refractivity contribution in [1.29, 1.82) is 0 Å². The summed E-state index contributed by atoms with van der Waals surface area (Å²) in [4.78, 5) is 12.1. The third-order valence-corrected chi connectivity index (χ3v) is 6.76. The molecule has 0 fully saturated rings. The van der Waals surface area contributed by atoms with Gasteiger partial charge in [0, 0.05) is 28.8 Å². The topological polar surface area (TPSA) is 75.7 Å². The lowest BCUT2D eigenvalue weighted by Gasteiger charge is -2.20. The van der Waals surface area contributed by atoms with Crippen LogP contribution in [0.4, 0.5) is 5.69 Å². The molecule has 0 aromatic heterocycles. The van der Waals surface area contributed by atoms with E-state index in [0.717, 1.165) is 5.56 Å². The van der Waals surface area contributed by atoms with Crippen LogP contribution in [0.5, 0.6) is 5.75 Å². The molecular formula is C19H22Cl2N2O4S. The fourth-order valence-electron chi connectivity index (χ4n) is 2.52. The molecule has 2 aromatic carbocycles. The number of amides is 1. The Morgan fingerprint density at radius 2 is 1.79 bits per heavy atom. The van der Waals surface area contributed by atoms with Crippen LogP contribution in [-0.4, -0.2) is 38.3 Å². The van der Waals surface area contributed by atoms with Crippen molar-refractivity contribution < 1.29 is 17.9 Å². The molecule has 0 atom stereocenters. The molecule has 2 aromatic rings. The molecule has 1 amide bonds. The van der Waals surface area contributed by atoms with Gasteiger partial charge in [0.05, 0.1) is 0 Å². The Morgan fingerprint density at radius 3 is 2.39 bits per heavy atom. The minimum Gasteiger partial charge on any atom is -0.482 e. The summed E-state index contributed by atoms with van der Waals surface area (Å²) in [6.45, 7) is 5.58. The summed E-state index contributed by atoms with van der Waals surface area (Å²) in [5, 5.41) is 3.45. The smallest absolute Gasteiger partial charge is 0.262 e. The molecule has 0 aliphatic carbocycles. The van der Waals surface area contributed by atoms with Crippen LogP contribution >= 0.6 is 23.2 Å². The second-order valence-corrected chi connectivity index (χ2v) is 8.73. The number of hydrogen-bond donors (Lipinski definition) is 1. The third kappa shape index (κ3) is 5.38. The number of rotatable bonds is 8. The van der Waals surface area contributed by atoms with Crippen molar-refractivity contribution in [2.75, 3.05) is 25.0 Å². The average molecular weight is 445 g/mol. The maximum absolute atomic E-state index is 12.8. The highest BCUT2D eigenvalue weighted by Gasteiger charge is 2.26. The molecule has 0 saturated heterocycles. The summed E-state index contributed by atoms with van der Waals surface area (Å²) in [5.41, 5.74) is 1.42. The molecule has 1 N–H and O–H groups in total. The lowest BCUT2D eigenvalue weighted by Crippen LogP contribution is -2.31. The van der Waals surface area contributed by atoms with Gasteiger partial charge in [-0.05, 0) is 42.8 Å². The van der Waals surface area contributed by atoms with Gasteiger partial charge in [-0.1, -0.05) is 43.1 Å². The lowest BCUT2D eigenvalue weighted by molar-refractivity contribution is -0.118. The van der Waals surface area contributed by atoms with E-state index in [1.54, 1.807) is 32.0 Å². The lowest BCUT2D eigenvalue weighted by atomic mass is 10.2. The first-order valence-electron chi connectivity index (χ1n) is 8.67. The molecule has 0 unspecified atom stereocenters. The van der Waals surface area contributed by atoms with E-state index >= 15 is 0 Å². The van der Waals surface area contributed by atoms with E-state index in [-0.39, 0.29) is 22.3 Å². The van der Waals surface area contributed by atoms with E-state index in [9.17, 15) is 13.2 Å². The molecule has 0 spiro atoms. The number of sulfonamides is 1. The Morgan fingerprint density at radius 1 is 1.11 bits per heavy atom. The van der Waals surface area contributed by atoms with Gasteiger partial charge in [0.15, 0.2) is 6.61 Å². The predicted molar refractivity (Wildman–Crippen MR) is 112 cm³/mol. The number of nitrogens with zero attached hydrogens (tertiary/aromatic N) is 1. The zero-order valence-corrected chi connectivity index (χ0v) is 18.2. The molecule has 0 bridgehead atoms. The minimum atomic E-state index is -3.80. The Balaban J connectivity index is 2.18. The molecular weight excluding hydrogens is 423 g/mol. The van der Waals surface area contributed by atoms with Crippen LogP contribution in [-0.2, 0) is 14.8 Å². The molecule has 9 heteroatoms. The van der Waals surface area contributed by atoms with Crippen molar-refractivity contribution in [2.24, 2.45) is 0 Å². The monoisotopic (exact) mass is 444 g/mol. The van der Waals surface area contributed by atoms with E-state index in [4.69, 9.17) is 27.9 Å².